The van der Waals surface area contributed by atoms with Gasteiger partial charge in [-0.15, -0.1) is 0 Å². The van der Waals surface area contributed by atoms with Crippen LogP contribution in [0.25, 0.3) is 11.1 Å². The summed E-state index contributed by atoms with van der Waals surface area (Å²) in [5.41, 5.74) is 3.15. The molecule has 8 nitrogen and oxygen atoms in total. The molecule has 2 aromatic rings. The van der Waals surface area contributed by atoms with Gasteiger partial charge in [-0.2, -0.15) is 0 Å². The number of Topliss-reactive ketones (excluding diaryl/α,β-unsaturated/α-hetero) is 2. The van der Waals surface area contributed by atoms with Gasteiger partial charge < -0.3 is 18.4 Å². The van der Waals surface area contributed by atoms with E-state index in [4.69, 9.17) is 9.47 Å². The van der Waals surface area contributed by atoms with E-state index < -0.39 is 0 Å². The standard InChI is InChI=1S/C28H38N2O6/c1-21(31)35-17-15-29(3,4)19-27(33)25-11-7-23(8-12-25)24-9-13-26(14-10-24)28(34)20-30(5,6)16-18-36-22(2)32/h7-14H,15-20H2,1-6H3/q+2. The van der Waals surface area contributed by atoms with Crippen molar-refractivity contribution in [2.24, 2.45) is 0 Å². The lowest BCUT2D eigenvalue weighted by atomic mass is 10.00. The van der Waals surface area contributed by atoms with E-state index in [9.17, 15) is 19.2 Å². The Bertz CT molecular complexity index is 985. The number of esters is 2. The molecule has 0 unspecified atom stereocenters. The van der Waals surface area contributed by atoms with E-state index >= 15 is 0 Å². The fourth-order valence-corrected chi connectivity index (χ4v) is 3.69. The van der Waals surface area contributed by atoms with Gasteiger partial charge in [0.1, 0.15) is 39.4 Å². The SMILES string of the molecule is CC(=O)OCC[N+](C)(C)CC(=O)c1ccc(-c2ccc(C(=O)C[N+](C)(C)CCOC(C)=O)cc2)cc1. The van der Waals surface area contributed by atoms with Crippen LogP contribution >= 0.6 is 0 Å². The van der Waals surface area contributed by atoms with Crippen molar-refractivity contribution in [3.63, 3.8) is 0 Å². The number of hydrogen-bond donors (Lipinski definition) is 0. The molecular weight excluding hydrogens is 460 g/mol. The Kier molecular flexibility index (Phi) is 10.1. The molecule has 0 saturated heterocycles. The molecule has 0 amide bonds. The Balaban J connectivity index is 1.97. The quantitative estimate of drug-likeness (QED) is 0.240. The molecule has 0 aliphatic rings. The highest BCUT2D eigenvalue weighted by molar-refractivity contribution is 5.98. The molecule has 0 radical (unpaired) electrons. The maximum atomic E-state index is 12.8. The monoisotopic (exact) mass is 498 g/mol. The summed E-state index contributed by atoms with van der Waals surface area (Å²) in [4.78, 5) is 47.4. The molecule has 0 bridgehead atoms. The lowest BCUT2D eigenvalue weighted by molar-refractivity contribution is -0.882. The zero-order valence-electron chi connectivity index (χ0n) is 22.2. The number of quaternary nitrogens is 2. The number of rotatable bonds is 13. The Labute approximate surface area is 213 Å². The second-order valence-electron chi connectivity index (χ2n) is 10.3. The van der Waals surface area contributed by atoms with Gasteiger partial charge in [-0.05, 0) is 11.1 Å². The molecule has 0 aliphatic heterocycles. The normalized spacial score (nSPS) is 11.6. The van der Waals surface area contributed by atoms with Crippen molar-refractivity contribution in [2.75, 3.05) is 67.6 Å². The van der Waals surface area contributed by atoms with Crippen LogP contribution in [0.5, 0.6) is 0 Å². The van der Waals surface area contributed by atoms with Gasteiger partial charge in [0.2, 0.25) is 11.6 Å². The van der Waals surface area contributed by atoms with Gasteiger partial charge >= 0.3 is 11.9 Å². The molecule has 0 atom stereocenters. The first kappa shape index (κ1) is 28.9. The number of ether oxygens (including phenoxy) is 2. The van der Waals surface area contributed by atoms with E-state index in [1.54, 1.807) is 0 Å². The third-order valence-electron chi connectivity index (χ3n) is 5.89. The first-order chi connectivity index (χ1) is 16.8. The maximum absolute atomic E-state index is 12.8. The zero-order chi connectivity index (χ0) is 26.9. The first-order valence-electron chi connectivity index (χ1n) is 12.0. The molecule has 0 spiro atoms. The number of ketones is 2. The number of nitrogens with zero attached hydrogens (tertiary/aromatic N) is 2. The summed E-state index contributed by atoms with van der Waals surface area (Å²) in [6.07, 6.45) is 0. The Morgan fingerprint density at radius 3 is 1.17 bits per heavy atom. The molecular formula is C28H38N2O6+2. The van der Waals surface area contributed by atoms with E-state index in [0.29, 0.717) is 46.3 Å². The van der Waals surface area contributed by atoms with Crippen LogP contribution in [-0.2, 0) is 19.1 Å². The van der Waals surface area contributed by atoms with Crippen molar-refractivity contribution in [2.45, 2.75) is 13.8 Å². The smallest absolute Gasteiger partial charge is 0.302 e. The van der Waals surface area contributed by atoms with E-state index in [-0.39, 0.29) is 36.7 Å². The summed E-state index contributed by atoms with van der Waals surface area (Å²) >= 11 is 0. The fraction of sp³-hybridized carbons (Fsp3) is 0.429. The van der Waals surface area contributed by atoms with E-state index in [1.807, 2.05) is 76.7 Å². The molecule has 0 aliphatic carbocycles. The van der Waals surface area contributed by atoms with Gasteiger partial charge in [-0.3, -0.25) is 19.2 Å². The summed E-state index contributed by atoms with van der Waals surface area (Å²) in [5, 5.41) is 0. The van der Waals surface area contributed by atoms with Gasteiger partial charge in [0.25, 0.3) is 0 Å². The van der Waals surface area contributed by atoms with Crippen LogP contribution in [0.3, 0.4) is 0 Å². The fourth-order valence-electron chi connectivity index (χ4n) is 3.69. The van der Waals surface area contributed by atoms with Crippen LogP contribution in [0.1, 0.15) is 34.6 Å². The molecule has 0 N–H and O–H groups in total. The van der Waals surface area contributed by atoms with Crippen LogP contribution in [-0.4, -0.2) is 100 Å². The van der Waals surface area contributed by atoms with Crippen molar-refractivity contribution >= 4 is 23.5 Å². The van der Waals surface area contributed by atoms with Crippen LogP contribution in [0.15, 0.2) is 48.5 Å². The van der Waals surface area contributed by atoms with Crippen LogP contribution < -0.4 is 0 Å². The topological polar surface area (TPSA) is 86.7 Å². The van der Waals surface area contributed by atoms with Crippen LogP contribution in [0, 0.1) is 0 Å². The molecule has 0 saturated carbocycles. The zero-order valence-corrected chi connectivity index (χ0v) is 22.2. The number of hydrogen-bond acceptors (Lipinski definition) is 6. The largest absolute Gasteiger partial charge is 0.460 e. The molecule has 194 valence electrons. The van der Waals surface area contributed by atoms with Crippen molar-refractivity contribution in [1.82, 2.24) is 0 Å². The highest BCUT2D eigenvalue weighted by atomic mass is 16.5. The summed E-state index contributed by atoms with van der Waals surface area (Å²) in [6, 6.07) is 14.8. The van der Waals surface area contributed by atoms with E-state index in [0.717, 1.165) is 11.1 Å². The average molecular weight is 499 g/mol. The Hall–Kier alpha value is -3.36. The van der Waals surface area contributed by atoms with Gasteiger partial charge in [0, 0.05) is 25.0 Å². The van der Waals surface area contributed by atoms with Crippen LogP contribution in [0.4, 0.5) is 0 Å². The molecule has 0 heterocycles. The maximum Gasteiger partial charge on any atom is 0.302 e. The average Bonchev–Trinajstić information content (AvgIpc) is 2.77. The van der Waals surface area contributed by atoms with Crippen molar-refractivity contribution < 1.29 is 37.6 Å². The minimum atomic E-state index is -0.325. The molecule has 0 fully saturated rings. The lowest BCUT2D eigenvalue weighted by Gasteiger charge is -2.28. The minimum absolute atomic E-state index is 0.0183. The number of benzene rings is 2. The Morgan fingerprint density at radius 2 is 0.889 bits per heavy atom. The third-order valence-corrected chi connectivity index (χ3v) is 5.89. The van der Waals surface area contributed by atoms with Gasteiger partial charge in [0.05, 0.1) is 28.2 Å². The molecule has 2 rings (SSSR count). The number of carbonyl (C=O) groups excluding carboxylic acids is 4. The van der Waals surface area contributed by atoms with Gasteiger partial charge in [0.15, 0.2) is 0 Å². The number of likely N-dealkylation sites (N-methyl/N-ethyl adjacent to an activating group) is 2. The highest BCUT2D eigenvalue weighted by Gasteiger charge is 2.23. The summed E-state index contributed by atoms with van der Waals surface area (Å²) < 4.78 is 10.8. The second-order valence-corrected chi connectivity index (χ2v) is 10.3. The van der Waals surface area contributed by atoms with E-state index in [2.05, 4.69) is 0 Å². The highest BCUT2D eigenvalue weighted by Crippen LogP contribution is 2.21. The summed E-state index contributed by atoms with van der Waals surface area (Å²) in [7, 11) is 7.72. The number of carbonyl (C=O) groups is 4. The molecule has 8 heteroatoms. The van der Waals surface area contributed by atoms with Crippen molar-refractivity contribution in [3.8, 4) is 11.1 Å². The van der Waals surface area contributed by atoms with E-state index in [1.165, 1.54) is 13.8 Å². The molecule has 2 aromatic carbocycles. The summed E-state index contributed by atoms with van der Waals surface area (Å²) in [6.45, 7) is 4.99. The molecule has 36 heavy (non-hydrogen) atoms. The Morgan fingerprint density at radius 1 is 0.583 bits per heavy atom. The molecule has 0 aromatic heterocycles. The van der Waals surface area contributed by atoms with Crippen LogP contribution in [0.2, 0.25) is 0 Å². The van der Waals surface area contributed by atoms with Gasteiger partial charge in [-0.25, -0.2) is 0 Å². The second kappa shape index (κ2) is 12.6. The van der Waals surface area contributed by atoms with Crippen molar-refractivity contribution in [1.29, 1.82) is 0 Å². The van der Waals surface area contributed by atoms with Crippen molar-refractivity contribution in [3.05, 3.63) is 59.7 Å². The third kappa shape index (κ3) is 9.71. The lowest BCUT2D eigenvalue weighted by Crippen LogP contribution is -2.46. The first-order valence-corrected chi connectivity index (χ1v) is 12.0. The van der Waals surface area contributed by atoms with Gasteiger partial charge in [-0.1, -0.05) is 48.5 Å². The summed E-state index contributed by atoms with van der Waals surface area (Å²) in [5.74, 6) is -0.614. The minimum Gasteiger partial charge on any atom is -0.460 e. The predicted octanol–water partition coefficient (Wildman–Crippen LogP) is 3.00. The predicted molar refractivity (Wildman–Crippen MR) is 137 cm³/mol.